The van der Waals surface area contributed by atoms with Crippen molar-refractivity contribution in [1.82, 2.24) is 0 Å². The van der Waals surface area contributed by atoms with Gasteiger partial charge in [-0.2, -0.15) is 0 Å². The molecule has 4 nitrogen and oxygen atoms in total. The summed E-state index contributed by atoms with van der Waals surface area (Å²) in [5.41, 5.74) is 2.30. The van der Waals surface area contributed by atoms with Crippen molar-refractivity contribution >= 4 is 23.5 Å². The lowest BCUT2D eigenvalue weighted by molar-refractivity contribution is -0.157. The second kappa shape index (κ2) is 15.0. The van der Waals surface area contributed by atoms with Crippen LogP contribution in [0.5, 0.6) is 0 Å². The Morgan fingerprint density at radius 2 is 1.27 bits per heavy atom. The van der Waals surface area contributed by atoms with Crippen LogP contribution < -0.4 is 0 Å². The second-order valence-electron chi connectivity index (χ2n) is 10.8. The molecule has 1 aromatic rings. The van der Waals surface area contributed by atoms with Crippen LogP contribution in [0.25, 0.3) is 0 Å². The number of alkyl halides is 2. The molecule has 0 aliphatic heterocycles. The molecule has 0 aromatic heterocycles. The molecule has 0 unspecified atom stereocenters. The highest BCUT2D eigenvalue weighted by Gasteiger charge is 2.30. The monoisotopic (exact) mass is 540 g/mol. The molecule has 2 fully saturated rings. The number of unbranched alkanes of at least 4 members (excludes halogenated alkanes) is 2. The van der Waals surface area contributed by atoms with Gasteiger partial charge in [-0.3, -0.25) is 0 Å². The Morgan fingerprint density at radius 3 is 1.70 bits per heavy atom. The van der Waals surface area contributed by atoms with Crippen molar-refractivity contribution in [3.63, 3.8) is 0 Å². The number of ether oxygens (including phenoxy) is 2. The summed E-state index contributed by atoms with van der Waals surface area (Å²) in [5, 5.41) is 0.756. The third-order valence-electron chi connectivity index (χ3n) is 7.98. The third kappa shape index (κ3) is 8.94. The number of halogens is 3. The lowest BCUT2D eigenvalue weighted by atomic mass is 9.80. The smallest absolute Gasteiger partial charge is 0.340 e. The van der Waals surface area contributed by atoms with Crippen molar-refractivity contribution in [2.75, 3.05) is 0 Å². The Morgan fingerprint density at radius 1 is 0.811 bits per heavy atom. The van der Waals surface area contributed by atoms with Crippen LogP contribution in [-0.4, -0.2) is 36.5 Å². The maximum Gasteiger partial charge on any atom is 0.340 e. The summed E-state index contributed by atoms with van der Waals surface area (Å²) in [6, 6.07) is 6.32. The zero-order valence-corrected chi connectivity index (χ0v) is 23.1. The molecule has 2 atom stereocenters. The quantitative estimate of drug-likeness (QED) is 0.249. The van der Waals surface area contributed by atoms with E-state index >= 15 is 0 Å². The number of benzene rings is 1. The van der Waals surface area contributed by atoms with Gasteiger partial charge < -0.3 is 9.47 Å². The van der Waals surface area contributed by atoms with Gasteiger partial charge in [0.15, 0.2) is 12.3 Å². The van der Waals surface area contributed by atoms with Crippen LogP contribution in [0, 0.1) is 0 Å². The highest BCUT2D eigenvalue weighted by atomic mass is 35.5. The largest absolute Gasteiger partial charge is 0.460 e. The Balaban J connectivity index is 1.45. The van der Waals surface area contributed by atoms with Crippen molar-refractivity contribution in [2.45, 2.75) is 140 Å². The van der Waals surface area contributed by atoms with Gasteiger partial charge in [0.1, 0.15) is 12.2 Å². The first-order valence-electron chi connectivity index (χ1n) is 14.3. The van der Waals surface area contributed by atoms with Crippen molar-refractivity contribution in [2.24, 2.45) is 0 Å². The second-order valence-corrected chi connectivity index (χ2v) is 11.2. The van der Waals surface area contributed by atoms with Crippen molar-refractivity contribution in [3.8, 4) is 0 Å². The highest BCUT2D eigenvalue weighted by molar-refractivity contribution is 6.31. The number of rotatable bonds is 12. The van der Waals surface area contributed by atoms with E-state index in [4.69, 9.17) is 21.1 Å². The average Bonchev–Trinajstić information content (AvgIpc) is 2.91. The summed E-state index contributed by atoms with van der Waals surface area (Å²) in [4.78, 5) is 24.0. The maximum absolute atomic E-state index is 13.9. The molecule has 0 amide bonds. The molecule has 208 valence electrons. The summed E-state index contributed by atoms with van der Waals surface area (Å²) >= 11 is 6.72. The molecule has 2 aliphatic carbocycles. The Bertz CT molecular complexity index is 863. The topological polar surface area (TPSA) is 52.6 Å². The Kier molecular flexibility index (Phi) is 12.1. The van der Waals surface area contributed by atoms with E-state index in [2.05, 4.69) is 18.2 Å². The first-order chi connectivity index (χ1) is 17.8. The van der Waals surface area contributed by atoms with Crippen molar-refractivity contribution in [1.29, 1.82) is 0 Å². The molecule has 0 spiro atoms. The van der Waals surface area contributed by atoms with Crippen LogP contribution in [-0.2, 0) is 19.1 Å². The lowest BCUT2D eigenvalue weighted by Gasteiger charge is -2.31. The normalized spacial score (nSPS) is 25.8. The fourth-order valence-electron chi connectivity index (χ4n) is 5.61. The first-order valence-corrected chi connectivity index (χ1v) is 14.7. The molecular formula is C30H43ClF2O4. The van der Waals surface area contributed by atoms with Crippen molar-refractivity contribution in [3.05, 3.63) is 34.3 Å². The molecule has 7 heteroatoms. The van der Waals surface area contributed by atoms with E-state index in [9.17, 15) is 18.4 Å². The van der Waals surface area contributed by atoms with E-state index in [1.807, 2.05) is 13.8 Å². The van der Waals surface area contributed by atoms with E-state index in [-0.39, 0.29) is 25.0 Å². The van der Waals surface area contributed by atoms with Gasteiger partial charge in [0.2, 0.25) is 0 Å². The molecule has 1 aromatic carbocycles. The van der Waals surface area contributed by atoms with Gasteiger partial charge in [-0.05, 0) is 93.2 Å². The summed E-state index contributed by atoms with van der Waals surface area (Å²) < 4.78 is 38.7. The minimum absolute atomic E-state index is 0.207. The third-order valence-corrected chi connectivity index (χ3v) is 8.31. The van der Waals surface area contributed by atoms with E-state index in [1.165, 1.54) is 5.56 Å². The summed E-state index contributed by atoms with van der Waals surface area (Å²) in [5.74, 6) is -0.784. The summed E-state index contributed by atoms with van der Waals surface area (Å²) in [6.45, 7) is 3.95. The molecule has 0 heterocycles. The van der Waals surface area contributed by atoms with Crippen LogP contribution in [0.4, 0.5) is 8.78 Å². The van der Waals surface area contributed by atoms with Gasteiger partial charge in [-0.1, -0.05) is 63.3 Å². The van der Waals surface area contributed by atoms with Crippen LogP contribution in [0.3, 0.4) is 0 Å². The van der Waals surface area contributed by atoms with E-state index in [1.54, 1.807) is 0 Å². The number of hydrogen-bond acceptors (Lipinski definition) is 4. The molecule has 2 saturated carbocycles. The van der Waals surface area contributed by atoms with E-state index in [0.717, 1.165) is 74.8 Å². The fraction of sp³-hybridized carbons (Fsp3) is 0.733. The average molecular weight is 541 g/mol. The van der Waals surface area contributed by atoms with Gasteiger partial charge >= 0.3 is 11.9 Å². The first kappa shape index (κ1) is 29.9. The molecular weight excluding hydrogens is 498 g/mol. The van der Waals surface area contributed by atoms with Crippen LogP contribution in [0.1, 0.15) is 127 Å². The molecule has 3 rings (SSSR count). The van der Waals surface area contributed by atoms with Gasteiger partial charge in [0.25, 0.3) is 0 Å². The van der Waals surface area contributed by atoms with Gasteiger partial charge in [-0.25, -0.2) is 18.4 Å². The molecule has 0 radical (unpaired) electrons. The Hall–Kier alpha value is -1.69. The Labute approximate surface area is 225 Å². The summed E-state index contributed by atoms with van der Waals surface area (Å²) in [6.07, 6.45) is 6.47. The molecule has 0 bridgehead atoms. The molecule has 2 aliphatic rings. The van der Waals surface area contributed by atoms with Gasteiger partial charge in [0, 0.05) is 5.02 Å². The standard InChI is InChI=1S/C30H43ClF2O4/c1-3-5-7-27(32)29(34)36-23-14-9-20(10-15-23)22-13-18-25(26(31)19-22)21-11-16-24(17-12-21)37-30(35)28(33)8-6-4-2/h13,18-21,23-24,27-28H,3-12,14-17H2,1-2H3/t20-,21-,23-,24-,27-,28-/m0/s1. The zero-order valence-electron chi connectivity index (χ0n) is 22.4. The molecule has 0 saturated heterocycles. The van der Waals surface area contributed by atoms with Crippen LogP contribution >= 0.6 is 11.6 Å². The highest BCUT2D eigenvalue weighted by Crippen LogP contribution is 2.40. The zero-order chi connectivity index (χ0) is 26.8. The van der Waals surface area contributed by atoms with Crippen molar-refractivity contribution < 1.29 is 27.8 Å². The maximum atomic E-state index is 13.9. The van der Waals surface area contributed by atoms with Crippen LogP contribution in [0.2, 0.25) is 5.02 Å². The number of esters is 2. The van der Waals surface area contributed by atoms with Gasteiger partial charge in [-0.15, -0.1) is 0 Å². The number of hydrogen-bond donors (Lipinski definition) is 0. The fourth-order valence-corrected chi connectivity index (χ4v) is 5.96. The van der Waals surface area contributed by atoms with E-state index < -0.39 is 24.3 Å². The lowest BCUT2D eigenvalue weighted by Crippen LogP contribution is -2.28. The minimum Gasteiger partial charge on any atom is -0.460 e. The number of carbonyl (C=O) groups is 2. The van der Waals surface area contributed by atoms with Gasteiger partial charge in [0.05, 0.1) is 0 Å². The predicted molar refractivity (Wildman–Crippen MR) is 142 cm³/mol. The number of carbonyl (C=O) groups excluding carboxylic acids is 2. The SMILES string of the molecule is CCCC[C@H](F)C(=O)O[C@H]1CC[C@H](c2ccc([C@H]3CC[C@H](OC(=O)[C@@H](F)CCCC)CC3)c(Cl)c2)CC1. The predicted octanol–water partition coefficient (Wildman–Crippen LogP) is 8.54. The minimum atomic E-state index is -1.52. The van der Waals surface area contributed by atoms with E-state index in [0.29, 0.717) is 24.7 Å². The molecule has 37 heavy (non-hydrogen) atoms. The summed E-state index contributed by atoms with van der Waals surface area (Å²) in [7, 11) is 0. The molecule has 0 N–H and O–H groups in total. The van der Waals surface area contributed by atoms with Crippen LogP contribution in [0.15, 0.2) is 18.2 Å².